The van der Waals surface area contributed by atoms with Crippen molar-refractivity contribution in [3.05, 3.63) is 62.7 Å². The van der Waals surface area contributed by atoms with Crippen molar-refractivity contribution in [3.8, 4) is 5.75 Å². The molecule has 92 valence electrons. The van der Waals surface area contributed by atoms with Crippen LogP contribution in [0.15, 0.2) is 42.5 Å². The fourth-order valence-corrected chi connectivity index (χ4v) is 2.77. The molecule has 0 amide bonds. The number of hydrogen-bond acceptors (Lipinski definition) is 1. The zero-order chi connectivity index (χ0) is 12.4. The predicted octanol–water partition coefficient (Wildman–Crippen LogP) is 4.36. The molecule has 0 saturated heterocycles. The highest BCUT2D eigenvalue weighted by atomic mass is 127. The van der Waals surface area contributed by atoms with E-state index in [1.54, 1.807) is 0 Å². The summed E-state index contributed by atoms with van der Waals surface area (Å²) in [6, 6.07) is 14.9. The van der Waals surface area contributed by atoms with E-state index in [4.69, 9.17) is 4.74 Å². The summed E-state index contributed by atoms with van der Waals surface area (Å²) in [4.78, 5) is 0. The first-order valence-electron chi connectivity index (χ1n) is 6.30. The molecule has 0 spiro atoms. The second-order valence-corrected chi connectivity index (χ2v) is 5.94. The second-order valence-electron chi connectivity index (χ2n) is 4.70. The highest BCUT2D eigenvalue weighted by Crippen LogP contribution is 2.23. The van der Waals surface area contributed by atoms with Crippen LogP contribution in [0, 0.1) is 3.57 Å². The lowest BCUT2D eigenvalue weighted by molar-refractivity contribution is 0.306. The Labute approximate surface area is 121 Å². The number of hydrogen-bond donors (Lipinski definition) is 0. The summed E-state index contributed by atoms with van der Waals surface area (Å²) in [6.07, 6.45) is 3.77. The van der Waals surface area contributed by atoms with E-state index in [1.807, 2.05) is 12.1 Å². The average molecular weight is 350 g/mol. The molecule has 0 saturated carbocycles. The average Bonchev–Trinajstić information content (AvgIpc) is 2.85. The molecule has 1 nitrogen and oxygen atoms in total. The van der Waals surface area contributed by atoms with Crippen LogP contribution in [0.5, 0.6) is 5.75 Å². The van der Waals surface area contributed by atoms with E-state index in [2.05, 4.69) is 52.9 Å². The summed E-state index contributed by atoms with van der Waals surface area (Å²) in [5, 5.41) is 0. The maximum absolute atomic E-state index is 5.80. The lowest BCUT2D eigenvalue weighted by Crippen LogP contribution is -1.96. The third-order valence-corrected chi connectivity index (χ3v) is 4.10. The van der Waals surface area contributed by atoms with Crippen LogP contribution < -0.4 is 4.74 Å². The van der Waals surface area contributed by atoms with Gasteiger partial charge in [-0.3, -0.25) is 0 Å². The molecule has 0 bridgehead atoms. The quantitative estimate of drug-likeness (QED) is 0.748. The van der Waals surface area contributed by atoms with E-state index in [0.717, 1.165) is 5.75 Å². The van der Waals surface area contributed by atoms with Gasteiger partial charge < -0.3 is 4.74 Å². The Morgan fingerprint density at radius 3 is 2.56 bits per heavy atom. The van der Waals surface area contributed by atoms with Gasteiger partial charge in [0.1, 0.15) is 12.4 Å². The largest absolute Gasteiger partial charge is 0.489 e. The van der Waals surface area contributed by atoms with Gasteiger partial charge in [-0.25, -0.2) is 0 Å². The molecule has 0 unspecified atom stereocenters. The highest BCUT2D eigenvalue weighted by molar-refractivity contribution is 14.1. The van der Waals surface area contributed by atoms with Crippen LogP contribution >= 0.6 is 22.6 Å². The number of fused-ring (bicyclic) bond motifs is 1. The van der Waals surface area contributed by atoms with Gasteiger partial charge in [0.15, 0.2) is 0 Å². The topological polar surface area (TPSA) is 9.23 Å². The summed E-state index contributed by atoms with van der Waals surface area (Å²) in [6.45, 7) is 0.661. The Hall–Kier alpha value is -1.03. The molecule has 0 aliphatic heterocycles. The van der Waals surface area contributed by atoms with Crippen molar-refractivity contribution in [3.63, 3.8) is 0 Å². The van der Waals surface area contributed by atoms with E-state index in [1.165, 1.54) is 39.5 Å². The fourth-order valence-electron chi connectivity index (χ4n) is 2.41. The SMILES string of the molecule is Ic1ccc(OCc2ccc3c(c2)CCC3)cc1. The van der Waals surface area contributed by atoms with Crippen molar-refractivity contribution < 1.29 is 4.74 Å². The normalized spacial score (nSPS) is 13.4. The summed E-state index contributed by atoms with van der Waals surface area (Å²) < 4.78 is 7.04. The molecule has 2 aromatic rings. The minimum Gasteiger partial charge on any atom is -0.489 e. The number of halogens is 1. The van der Waals surface area contributed by atoms with Crippen LogP contribution in [-0.2, 0) is 19.4 Å². The van der Waals surface area contributed by atoms with Crippen LogP contribution in [-0.4, -0.2) is 0 Å². The molecule has 0 heterocycles. The zero-order valence-electron chi connectivity index (χ0n) is 10.2. The zero-order valence-corrected chi connectivity index (χ0v) is 12.3. The standard InChI is InChI=1S/C16H15IO/c17-15-6-8-16(9-7-15)18-11-12-4-5-13-2-1-3-14(13)10-12/h4-10H,1-3,11H2. The highest BCUT2D eigenvalue weighted by Gasteiger charge is 2.10. The second kappa shape index (κ2) is 5.31. The first-order valence-corrected chi connectivity index (χ1v) is 7.38. The van der Waals surface area contributed by atoms with Gasteiger partial charge in [-0.1, -0.05) is 18.2 Å². The van der Waals surface area contributed by atoms with Crippen LogP contribution in [0.25, 0.3) is 0 Å². The van der Waals surface area contributed by atoms with Gasteiger partial charge >= 0.3 is 0 Å². The molecule has 0 aromatic heterocycles. The molecule has 18 heavy (non-hydrogen) atoms. The molecular formula is C16H15IO. The van der Waals surface area contributed by atoms with E-state index >= 15 is 0 Å². The molecule has 1 aliphatic rings. The van der Waals surface area contributed by atoms with Gasteiger partial charge in [0.25, 0.3) is 0 Å². The smallest absolute Gasteiger partial charge is 0.119 e. The molecular weight excluding hydrogens is 335 g/mol. The Morgan fingerprint density at radius 1 is 0.944 bits per heavy atom. The molecule has 2 aromatic carbocycles. The molecule has 0 fully saturated rings. The number of ether oxygens (including phenoxy) is 1. The van der Waals surface area contributed by atoms with Crippen molar-refractivity contribution in [2.24, 2.45) is 0 Å². The lowest BCUT2D eigenvalue weighted by Gasteiger charge is -2.08. The third-order valence-electron chi connectivity index (χ3n) is 3.38. The van der Waals surface area contributed by atoms with Gasteiger partial charge in [0.05, 0.1) is 0 Å². The molecule has 1 aliphatic carbocycles. The van der Waals surface area contributed by atoms with E-state index < -0.39 is 0 Å². The van der Waals surface area contributed by atoms with Gasteiger partial charge in [-0.05, 0) is 82.8 Å². The molecule has 0 N–H and O–H groups in total. The number of rotatable bonds is 3. The van der Waals surface area contributed by atoms with Crippen LogP contribution in [0.2, 0.25) is 0 Å². The van der Waals surface area contributed by atoms with Gasteiger partial charge in [0.2, 0.25) is 0 Å². The van der Waals surface area contributed by atoms with Gasteiger partial charge in [-0.15, -0.1) is 0 Å². The Kier molecular flexibility index (Phi) is 3.55. The molecule has 2 heteroatoms. The van der Waals surface area contributed by atoms with Crippen molar-refractivity contribution in [1.82, 2.24) is 0 Å². The third kappa shape index (κ3) is 2.69. The fraction of sp³-hybridized carbons (Fsp3) is 0.250. The summed E-state index contributed by atoms with van der Waals surface area (Å²) in [5.74, 6) is 0.941. The van der Waals surface area contributed by atoms with Gasteiger partial charge in [0, 0.05) is 3.57 Å². The maximum atomic E-state index is 5.80. The van der Waals surface area contributed by atoms with Crippen molar-refractivity contribution in [2.75, 3.05) is 0 Å². The van der Waals surface area contributed by atoms with E-state index in [-0.39, 0.29) is 0 Å². The van der Waals surface area contributed by atoms with E-state index in [0.29, 0.717) is 6.61 Å². The van der Waals surface area contributed by atoms with E-state index in [9.17, 15) is 0 Å². The molecule has 0 radical (unpaired) electrons. The minimum atomic E-state index is 0.661. The first kappa shape index (κ1) is 12.0. The summed E-state index contributed by atoms with van der Waals surface area (Å²) >= 11 is 2.30. The summed E-state index contributed by atoms with van der Waals surface area (Å²) in [7, 11) is 0. The van der Waals surface area contributed by atoms with Crippen molar-refractivity contribution in [2.45, 2.75) is 25.9 Å². The number of aryl methyl sites for hydroxylation is 2. The predicted molar refractivity (Wildman–Crippen MR) is 82.0 cm³/mol. The minimum absolute atomic E-state index is 0.661. The van der Waals surface area contributed by atoms with Crippen molar-refractivity contribution in [1.29, 1.82) is 0 Å². The van der Waals surface area contributed by atoms with Crippen molar-refractivity contribution >= 4 is 22.6 Å². The number of benzene rings is 2. The Morgan fingerprint density at radius 2 is 1.72 bits per heavy atom. The lowest BCUT2D eigenvalue weighted by atomic mass is 10.1. The van der Waals surface area contributed by atoms with Crippen LogP contribution in [0.3, 0.4) is 0 Å². The Bertz CT molecular complexity index is 546. The van der Waals surface area contributed by atoms with Crippen LogP contribution in [0.4, 0.5) is 0 Å². The van der Waals surface area contributed by atoms with Crippen LogP contribution in [0.1, 0.15) is 23.1 Å². The monoisotopic (exact) mass is 350 g/mol. The van der Waals surface area contributed by atoms with Gasteiger partial charge in [-0.2, -0.15) is 0 Å². The first-order chi connectivity index (χ1) is 8.81. The maximum Gasteiger partial charge on any atom is 0.119 e. The Balaban J connectivity index is 1.68. The molecule has 3 rings (SSSR count). The molecule has 0 atom stereocenters. The summed E-state index contributed by atoms with van der Waals surface area (Å²) in [5.41, 5.74) is 4.31.